The molecule has 0 spiro atoms. The molecule has 1 fully saturated rings. The second-order valence-corrected chi connectivity index (χ2v) is 5.63. The number of hydrogen-bond donors (Lipinski definition) is 1. The van der Waals surface area contributed by atoms with E-state index in [0.29, 0.717) is 17.7 Å². The molecule has 1 atom stereocenters. The van der Waals surface area contributed by atoms with Gasteiger partial charge in [-0.1, -0.05) is 37.8 Å². The maximum atomic E-state index is 14.0. The molecule has 1 aromatic rings. The van der Waals surface area contributed by atoms with E-state index in [9.17, 15) is 4.39 Å². The van der Waals surface area contributed by atoms with Crippen LogP contribution in [0.5, 0.6) is 5.75 Å². The van der Waals surface area contributed by atoms with Gasteiger partial charge in [0, 0.05) is 6.04 Å². The second kappa shape index (κ2) is 6.90. The van der Waals surface area contributed by atoms with Gasteiger partial charge in [0.25, 0.3) is 0 Å². The minimum atomic E-state index is -0.263. The summed E-state index contributed by atoms with van der Waals surface area (Å²) in [6.07, 6.45) is 8.19. The summed E-state index contributed by atoms with van der Waals surface area (Å²) < 4.78 is 19.0. The highest BCUT2D eigenvalue weighted by molar-refractivity contribution is 5.31. The maximum absolute atomic E-state index is 14.0. The molecule has 1 unspecified atom stereocenters. The van der Waals surface area contributed by atoms with Gasteiger partial charge in [0.1, 0.15) is 0 Å². The van der Waals surface area contributed by atoms with E-state index in [1.807, 2.05) is 6.07 Å². The molecule has 0 amide bonds. The van der Waals surface area contributed by atoms with Crippen molar-refractivity contribution in [3.8, 4) is 5.75 Å². The molecule has 1 aliphatic carbocycles. The molecular weight excluding hydrogens is 241 g/mol. The Morgan fingerprint density at radius 3 is 2.79 bits per heavy atom. The molecule has 0 heterocycles. The summed E-state index contributed by atoms with van der Waals surface area (Å²) in [7, 11) is 1.49. The zero-order valence-electron chi connectivity index (χ0n) is 11.7. The van der Waals surface area contributed by atoms with E-state index in [4.69, 9.17) is 10.5 Å². The van der Waals surface area contributed by atoms with Crippen molar-refractivity contribution in [1.29, 1.82) is 0 Å². The van der Waals surface area contributed by atoms with E-state index < -0.39 is 0 Å². The fraction of sp³-hybridized carbons (Fsp3) is 0.625. The Morgan fingerprint density at radius 1 is 1.37 bits per heavy atom. The number of methoxy groups -OCH3 is 1. The summed E-state index contributed by atoms with van der Waals surface area (Å²) in [5.74, 6) is 0.892. The van der Waals surface area contributed by atoms with Crippen LogP contribution in [0.2, 0.25) is 0 Å². The van der Waals surface area contributed by atoms with Gasteiger partial charge in [-0.05, 0) is 36.8 Å². The standard InChI is InChI=1S/C16H24FNO/c1-19-15-8-4-7-13(16(15)17)11-14(18)10-9-12-5-2-3-6-12/h4,7-8,12,14H,2-3,5-6,9-11,18H2,1H3. The average molecular weight is 265 g/mol. The Hall–Kier alpha value is -1.09. The lowest BCUT2D eigenvalue weighted by Gasteiger charge is -2.15. The molecule has 2 N–H and O–H groups in total. The van der Waals surface area contributed by atoms with Crippen molar-refractivity contribution < 1.29 is 9.13 Å². The predicted octanol–water partition coefficient (Wildman–Crippen LogP) is 3.67. The topological polar surface area (TPSA) is 35.2 Å². The first-order valence-corrected chi connectivity index (χ1v) is 7.27. The quantitative estimate of drug-likeness (QED) is 0.851. The smallest absolute Gasteiger partial charge is 0.168 e. The van der Waals surface area contributed by atoms with E-state index in [1.165, 1.54) is 39.2 Å². The molecule has 0 saturated heterocycles. The van der Waals surface area contributed by atoms with E-state index >= 15 is 0 Å². The lowest BCUT2D eigenvalue weighted by Crippen LogP contribution is -2.24. The number of ether oxygens (including phenoxy) is 1. The summed E-state index contributed by atoms with van der Waals surface area (Å²) in [5, 5.41) is 0. The van der Waals surface area contributed by atoms with E-state index in [-0.39, 0.29) is 11.9 Å². The highest BCUT2D eigenvalue weighted by atomic mass is 19.1. The Balaban J connectivity index is 1.85. The first kappa shape index (κ1) is 14.3. The molecule has 0 aromatic heterocycles. The van der Waals surface area contributed by atoms with Gasteiger partial charge in [-0.25, -0.2) is 4.39 Å². The first-order valence-electron chi connectivity index (χ1n) is 7.27. The minimum Gasteiger partial charge on any atom is -0.494 e. The summed E-state index contributed by atoms with van der Waals surface area (Å²) >= 11 is 0. The monoisotopic (exact) mass is 265 g/mol. The van der Waals surface area contributed by atoms with Crippen LogP contribution >= 0.6 is 0 Å². The molecular formula is C16H24FNO. The molecule has 0 bridgehead atoms. The van der Waals surface area contributed by atoms with Crippen molar-refractivity contribution in [2.75, 3.05) is 7.11 Å². The maximum Gasteiger partial charge on any atom is 0.168 e. The van der Waals surface area contributed by atoms with Crippen molar-refractivity contribution in [1.82, 2.24) is 0 Å². The van der Waals surface area contributed by atoms with Crippen molar-refractivity contribution in [3.05, 3.63) is 29.6 Å². The van der Waals surface area contributed by atoms with Crippen LogP contribution in [-0.4, -0.2) is 13.2 Å². The fourth-order valence-electron chi connectivity index (χ4n) is 3.00. The third-order valence-electron chi connectivity index (χ3n) is 4.17. The first-order chi connectivity index (χ1) is 9.20. The van der Waals surface area contributed by atoms with Crippen LogP contribution in [0.1, 0.15) is 44.1 Å². The van der Waals surface area contributed by atoms with Crippen molar-refractivity contribution >= 4 is 0 Å². The average Bonchev–Trinajstić information content (AvgIpc) is 2.92. The molecule has 1 aromatic carbocycles. The van der Waals surface area contributed by atoms with Gasteiger partial charge in [0.15, 0.2) is 11.6 Å². The molecule has 0 radical (unpaired) electrons. The summed E-state index contributed by atoms with van der Waals surface area (Å²) in [6, 6.07) is 5.30. The van der Waals surface area contributed by atoms with Crippen LogP contribution < -0.4 is 10.5 Å². The summed E-state index contributed by atoms with van der Waals surface area (Å²) in [5.41, 5.74) is 6.80. The summed E-state index contributed by atoms with van der Waals surface area (Å²) in [6.45, 7) is 0. The number of rotatable bonds is 6. The van der Waals surface area contributed by atoms with Gasteiger partial charge in [-0.2, -0.15) is 0 Å². The molecule has 2 nitrogen and oxygen atoms in total. The fourth-order valence-corrected chi connectivity index (χ4v) is 3.00. The Kier molecular flexibility index (Phi) is 5.20. The highest BCUT2D eigenvalue weighted by Gasteiger charge is 2.17. The van der Waals surface area contributed by atoms with Crippen molar-refractivity contribution in [3.63, 3.8) is 0 Å². The predicted molar refractivity (Wildman–Crippen MR) is 75.8 cm³/mol. The highest BCUT2D eigenvalue weighted by Crippen LogP contribution is 2.29. The van der Waals surface area contributed by atoms with Gasteiger partial charge in [0.05, 0.1) is 7.11 Å². The largest absolute Gasteiger partial charge is 0.494 e. The third kappa shape index (κ3) is 3.93. The van der Waals surface area contributed by atoms with Crippen LogP contribution in [0.25, 0.3) is 0 Å². The second-order valence-electron chi connectivity index (χ2n) is 5.63. The van der Waals surface area contributed by atoms with Crippen LogP contribution in [-0.2, 0) is 6.42 Å². The normalized spacial score (nSPS) is 17.6. The Morgan fingerprint density at radius 2 is 2.11 bits per heavy atom. The minimum absolute atomic E-state index is 0.0437. The molecule has 2 rings (SSSR count). The van der Waals surface area contributed by atoms with Crippen LogP contribution in [0.3, 0.4) is 0 Å². The SMILES string of the molecule is COc1cccc(CC(N)CCC2CCCC2)c1F. The Bertz CT molecular complexity index is 402. The molecule has 106 valence electrons. The van der Waals surface area contributed by atoms with Crippen LogP contribution in [0.4, 0.5) is 4.39 Å². The van der Waals surface area contributed by atoms with Crippen molar-refractivity contribution in [2.24, 2.45) is 11.7 Å². The number of benzene rings is 1. The summed E-state index contributed by atoms with van der Waals surface area (Å²) in [4.78, 5) is 0. The van der Waals surface area contributed by atoms with Crippen LogP contribution in [0.15, 0.2) is 18.2 Å². The number of hydrogen-bond acceptors (Lipinski definition) is 2. The lowest BCUT2D eigenvalue weighted by atomic mass is 9.95. The Labute approximate surface area is 115 Å². The number of nitrogens with two attached hydrogens (primary N) is 1. The third-order valence-corrected chi connectivity index (χ3v) is 4.17. The zero-order chi connectivity index (χ0) is 13.7. The lowest BCUT2D eigenvalue weighted by molar-refractivity contribution is 0.382. The van der Waals surface area contributed by atoms with Crippen LogP contribution in [0, 0.1) is 11.7 Å². The van der Waals surface area contributed by atoms with E-state index in [2.05, 4.69) is 0 Å². The number of halogens is 1. The molecule has 3 heteroatoms. The van der Waals surface area contributed by atoms with E-state index in [0.717, 1.165) is 12.3 Å². The van der Waals surface area contributed by atoms with Gasteiger partial charge >= 0.3 is 0 Å². The molecule has 19 heavy (non-hydrogen) atoms. The van der Waals surface area contributed by atoms with Gasteiger partial charge < -0.3 is 10.5 Å². The molecule has 1 saturated carbocycles. The molecule has 0 aliphatic heterocycles. The van der Waals surface area contributed by atoms with Gasteiger partial charge in [-0.15, -0.1) is 0 Å². The zero-order valence-corrected chi connectivity index (χ0v) is 11.7. The van der Waals surface area contributed by atoms with Gasteiger partial charge in [-0.3, -0.25) is 0 Å². The van der Waals surface area contributed by atoms with Gasteiger partial charge in [0.2, 0.25) is 0 Å². The molecule has 1 aliphatic rings. The van der Waals surface area contributed by atoms with E-state index in [1.54, 1.807) is 12.1 Å². The van der Waals surface area contributed by atoms with Crippen molar-refractivity contribution in [2.45, 2.75) is 51.0 Å².